The third-order valence-corrected chi connectivity index (χ3v) is 2.10. The van der Waals surface area contributed by atoms with Gasteiger partial charge in [0.1, 0.15) is 12.4 Å². The van der Waals surface area contributed by atoms with Crippen LogP contribution in [0.3, 0.4) is 0 Å². The molecule has 0 aromatic carbocycles. The zero-order valence-electron chi connectivity index (χ0n) is 8.14. The lowest BCUT2D eigenvalue weighted by Gasteiger charge is -2.02. The predicted molar refractivity (Wildman–Crippen MR) is 47.3 cm³/mol. The maximum Gasteiger partial charge on any atom is 0.333 e. The van der Waals surface area contributed by atoms with Crippen molar-refractivity contribution < 1.29 is 14.5 Å². The van der Waals surface area contributed by atoms with E-state index in [1.165, 1.54) is 0 Å². The van der Waals surface area contributed by atoms with Gasteiger partial charge in [0.15, 0.2) is 0 Å². The molecule has 74 valence electrons. The van der Waals surface area contributed by atoms with Crippen LogP contribution in [0.1, 0.15) is 18.7 Å². The number of hydrogen-bond acceptors (Lipinski definition) is 2. The standard InChI is InChI=1S/C9H11N3O2/c1-3-12-5-4-11(2)8(12)7(6-10)9(13)14/h4-5,7H,3H2,1-2H3/p+1. The van der Waals surface area contributed by atoms with Crippen molar-refractivity contribution in [3.05, 3.63) is 18.2 Å². The van der Waals surface area contributed by atoms with E-state index in [-0.39, 0.29) is 0 Å². The monoisotopic (exact) mass is 194 g/mol. The molecule has 5 nitrogen and oxygen atoms in total. The molecule has 0 aliphatic carbocycles. The molecule has 0 spiro atoms. The zero-order valence-corrected chi connectivity index (χ0v) is 8.14. The average molecular weight is 194 g/mol. The first-order chi connectivity index (χ1) is 6.61. The molecule has 0 aliphatic rings. The molecule has 1 N–H and O–H groups in total. The van der Waals surface area contributed by atoms with E-state index in [2.05, 4.69) is 0 Å². The van der Waals surface area contributed by atoms with Crippen LogP contribution in [0.2, 0.25) is 0 Å². The summed E-state index contributed by atoms with van der Waals surface area (Å²) in [5.41, 5.74) is 0. The van der Waals surface area contributed by atoms with Crippen LogP contribution in [0.25, 0.3) is 0 Å². The maximum absolute atomic E-state index is 10.8. The first kappa shape index (κ1) is 10.3. The second kappa shape index (κ2) is 3.92. The molecular formula is C9H12N3O2+. The van der Waals surface area contributed by atoms with E-state index in [1.54, 1.807) is 34.6 Å². The fraction of sp³-hybridized carbons (Fsp3) is 0.444. The number of nitriles is 1. The molecule has 1 aromatic rings. The topological polar surface area (TPSA) is 69.9 Å². The summed E-state index contributed by atoms with van der Waals surface area (Å²) in [6.45, 7) is 2.56. The number of rotatable bonds is 3. The summed E-state index contributed by atoms with van der Waals surface area (Å²) in [6.07, 6.45) is 3.51. The van der Waals surface area contributed by atoms with Crippen molar-refractivity contribution in [2.24, 2.45) is 7.05 Å². The van der Waals surface area contributed by atoms with Crippen molar-refractivity contribution in [3.63, 3.8) is 0 Å². The Kier molecular flexibility index (Phi) is 2.87. The minimum absolute atomic E-state index is 0.502. The van der Waals surface area contributed by atoms with Gasteiger partial charge in [-0.05, 0) is 6.92 Å². The van der Waals surface area contributed by atoms with E-state index >= 15 is 0 Å². The van der Waals surface area contributed by atoms with Crippen LogP contribution in [0, 0.1) is 11.3 Å². The minimum atomic E-state index is -1.11. The lowest BCUT2D eigenvalue weighted by Crippen LogP contribution is -2.36. The van der Waals surface area contributed by atoms with Crippen LogP contribution >= 0.6 is 0 Å². The molecule has 1 rings (SSSR count). The fourth-order valence-electron chi connectivity index (χ4n) is 1.40. The van der Waals surface area contributed by atoms with Crippen LogP contribution in [0.4, 0.5) is 0 Å². The summed E-state index contributed by atoms with van der Waals surface area (Å²) in [5, 5.41) is 17.6. The Bertz CT molecular complexity index is 389. The van der Waals surface area contributed by atoms with Crippen molar-refractivity contribution in [3.8, 4) is 6.07 Å². The second-order valence-electron chi connectivity index (χ2n) is 2.95. The van der Waals surface area contributed by atoms with Gasteiger partial charge in [-0.2, -0.15) is 5.26 Å². The molecule has 0 amide bonds. The van der Waals surface area contributed by atoms with Crippen molar-refractivity contribution in [2.75, 3.05) is 0 Å². The summed E-state index contributed by atoms with van der Waals surface area (Å²) in [6, 6.07) is 1.78. The van der Waals surface area contributed by atoms with Gasteiger partial charge in [-0.25, -0.2) is 9.13 Å². The molecule has 1 heterocycles. The largest absolute Gasteiger partial charge is 0.480 e. The normalized spacial score (nSPS) is 12.1. The van der Waals surface area contributed by atoms with Gasteiger partial charge in [-0.3, -0.25) is 4.79 Å². The zero-order chi connectivity index (χ0) is 10.7. The van der Waals surface area contributed by atoms with Gasteiger partial charge in [-0.1, -0.05) is 0 Å². The van der Waals surface area contributed by atoms with E-state index < -0.39 is 11.9 Å². The highest BCUT2D eigenvalue weighted by Crippen LogP contribution is 2.11. The minimum Gasteiger partial charge on any atom is -0.480 e. The summed E-state index contributed by atoms with van der Waals surface area (Å²) in [7, 11) is 1.73. The summed E-state index contributed by atoms with van der Waals surface area (Å²) < 4.78 is 3.41. The number of carboxylic acid groups (broad SMARTS) is 1. The Morgan fingerprint density at radius 1 is 1.86 bits per heavy atom. The molecule has 0 bridgehead atoms. The van der Waals surface area contributed by atoms with E-state index in [0.717, 1.165) is 0 Å². The van der Waals surface area contributed by atoms with Gasteiger partial charge in [0.25, 0.3) is 5.82 Å². The summed E-state index contributed by atoms with van der Waals surface area (Å²) in [5.74, 6) is -1.71. The molecule has 1 aromatic heterocycles. The van der Waals surface area contributed by atoms with E-state index in [1.807, 2.05) is 6.92 Å². The van der Waals surface area contributed by atoms with Crippen molar-refractivity contribution >= 4 is 5.97 Å². The molecule has 5 heteroatoms. The lowest BCUT2D eigenvalue weighted by molar-refractivity contribution is -0.679. The maximum atomic E-state index is 10.8. The van der Waals surface area contributed by atoms with Gasteiger partial charge >= 0.3 is 5.97 Å². The Hall–Kier alpha value is -1.83. The smallest absolute Gasteiger partial charge is 0.333 e. The van der Waals surface area contributed by atoms with E-state index in [0.29, 0.717) is 12.4 Å². The number of nitrogens with zero attached hydrogens (tertiary/aromatic N) is 3. The fourth-order valence-corrected chi connectivity index (χ4v) is 1.40. The average Bonchev–Trinajstić information content (AvgIpc) is 2.49. The van der Waals surface area contributed by atoms with Crippen LogP contribution in [-0.2, 0) is 18.4 Å². The first-order valence-corrected chi connectivity index (χ1v) is 4.28. The first-order valence-electron chi connectivity index (χ1n) is 4.28. The lowest BCUT2D eigenvalue weighted by atomic mass is 10.1. The molecule has 0 radical (unpaired) electrons. The molecule has 0 fully saturated rings. The highest BCUT2D eigenvalue weighted by Gasteiger charge is 2.31. The number of aromatic nitrogens is 2. The molecule has 0 saturated carbocycles. The molecular weight excluding hydrogens is 182 g/mol. The van der Waals surface area contributed by atoms with Crippen molar-refractivity contribution in [1.29, 1.82) is 5.26 Å². The Morgan fingerprint density at radius 3 is 2.93 bits per heavy atom. The quantitative estimate of drug-likeness (QED) is 0.690. The van der Waals surface area contributed by atoms with Gasteiger partial charge in [-0.15, -0.1) is 0 Å². The number of carboxylic acids is 1. The highest BCUT2D eigenvalue weighted by molar-refractivity contribution is 5.77. The third kappa shape index (κ3) is 1.59. The van der Waals surface area contributed by atoms with Gasteiger partial charge in [0.2, 0.25) is 5.92 Å². The van der Waals surface area contributed by atoms with E-state index in [9.17, 15) is 4.79 Å². The summed E-state index contributed by atoms with van der Waals surface area (Å²) in [4.78, 5) is 10.8. The predicted octanol–water partition coefficient (Wildman–Crippen LogP) is 0.0243. The van der Waals surface area contributed by atoms with Crippen molar-refractivity contribution in [1.82, 2.24) is 4.57 Å². The number of imidazole rings is 1. The Morgan fingerprint density at radius 2 is 2.50 bits per heavy atom. The van der Waals surface area contributed by atoms with Gasteiger partial charge < -0.3 is 5.11 Å². The number of carbonyl (C=O) groups is 1. The summed E-state index contributed by atoms with van der Waals surface area (Å²) >= 11 is 0. The molecule has 1 atom stereocenters. The number of hydrogen-bond donors (Lipinski definition) is 1. The molecule has 14 heavy (non-hydrogen) atoms. The Balaban J connectivity index is 3.22. The third-order valence-electron chi connectivity index (χ3n) is 2.10. The SMILES string of the molecule is CCn1cc[n+](C)c1C(C#N)C(=O)O. The van der Waals surface area contributed by atoms with Crippen LogP contribution < -0.4 is 4.57 Å². The van der Waals surface area contributed by atoms with Gasteiger partial charge in [0.05, 0.1) is 19.7 Å². The van der Waals surface area contributed by atoms with E-state index in [4.69, 9.17) is 10.4 Å². The van der Waals surface area contributed by atoms with Crippen LogP contribution in [0.5, 0.6) is 0 Å². The van der Waals surface area contributed by atoms with Crippen LogP contribution in [-0.4, -0.2) is 15.6 Å². The highest BCUT2D eigenvalue weighted by atomic mass is 16.4. The second-order valence-corrected chi connectivity index (χ2v) is 2.95. The Labute approximate surface area is 81.8 Å². The number of aliphatic carboxylic acids is 1. The van der Waals surface area contributed by atoms with Crippen LogP contribution in [0.15, 0.2) is 12.4 Å². The number of aryl methyl sites for hydroxylation is 2. The van der Waals surface area contributed by atoms with Gasteiger partial charge in [0, 0.05) is 0 Å². The molecule has 0 aliphatic heterocycles. The molecule has 1 unspecified atom stereocenters. The van der Waals surface area contributed by atoms with Crippen molar-refractivity contribution in [2.45, 2.75) is 19.4 Å². The molecule has 0 saturated heterocycles.